The molecule has 7 rings (SSSR count). The molecule has 3 nitrogen and oxygen atoms in total. The van der Waals surface area contributed by atoms with E-state index in [4.69, 9.17) is 4.74 Å². The van der Waals surface area contributed by atoms with Gasteiger partial charge in [-0.05, 0) is 35.4 Å². The van der Waals surface area contributed by atoms with Gasteiger partial charge in [-0.1, -0.05) is 131 Å². The lowest BCUT2D eigenvalue weighted by atomic mass is 9.87. The minimum atomic E-state index is -1.09. The number of benzene rings is 5. The number of nitrogens with zero attached hydrogens (tertiary/aromatic N) is 1. The number of anilines is 1. The maximum absolute atomic E-state index is 15.1. The molecule has 0 bridgehead atoms. The summed E-state index contributed by atoms with van der Waals surface area (Å²) in [6.45, 7) is 0. The lowest BCUT2D eigenvalue weighted by molar-refractivity contribution is -0.120. The average Bonchev–Trinajstić information content (AvgIpc) is 3.18. The van der Waals surface area contributed by atoms with Crippen LogP contribution in [-0.2, 0) is 15.3 Å². The quantitative estimate of drug-likeness (QED) is 0.202. The summed E-state index contributed by atoms with van der Waals surface area (Å²) in [6.07, 6.45) is 0.553. The van der Waals surface area contributed by atoms with Crippen LogP contribution in [0.2, 0.25) is 0 Å². The van der Waals surface area contributed by atoms with E-state index in [0.29, 0.717) is 17.8 Å². The second kappa shape index (κ2) is 10.7. The van der Waals surface area contributed by atoms with Gasteiger partial charge in [-0.3, -0.25) is 9.69 Å². The van der Waals surface area contributed by atoms with Gasteiger partial charge in [0.05, 0.1) is 11.3 Å². The van der Waals surface area contributed by atoms with Crippen LogP contribution in [0, 0.1) is 0 Å². The van der Waals surface area contributed by atoms with Gasteiger partial charge in [0, 0.05) is 32.2 Å². The molecule has 200 valence electrons. The Labute approximate surface area is 252 Å². The van der Waals surface area contributed by atoms with E-state index in [2.05, 4.69) is 52.3 Å². The van der Waals surface area contributed by atoms with Gasteiger partial charge in [-0.15, -0.1) is 11.8 Å². The van der Waals surface area contributed by atoms with Crippen LogP contribution in [-0.4, -0.2) is 5.91 Å². The summed E-state index contributed by atoms with van der Waals surface area (Å²) in [6, 6.07) is 46.7. The number of hydrogen-bond acceptors (Lipinski definition) is 3. The second-order valence-electron chi connectivity index (χ2n) is 10.2. The van der Waals surface area contributed by atoms with Crippen molar-refractivity contribution in [3.63, 3.8) is 0 Å². The van der Waals surface area contributed by atoms with E-state index in [1.165, 1.54) is 5.56 Å². The Morgan fingerprint density at radius 1 is 0.732 bits per heavy atom. The van der Waals surface area contributed by atoms with Crippen molar-refractivity contribution in [1.82, 2.24) is 0 Å². The molecule has 0 radical (unpaired) electrons. The van der Waals surface area contributed by atoms with E-state index >= 15 is 4.79 Å². The predicted octanol–water partition coefficient (Wildman–Crippen LogP) is 9.47. The van der Waals surface area contributed by atoms with Crippen LogP contribution in [0.15, 0.2) is 149 Å². The Hall–Kier alpha value is -4.06. The first-order valence-electron chi connectivity index (χ1n) is 13.6. The molecule has 2 aliphatic heterocycles. The summed E-state index contributed by atoms with van der Waals surface area (Å²) in [7, 11) is 0. The number of thioether (sulfide) groups is 1. The molecule has 0 saturated carbocycles. The summed E-state index contributed by atoms with van der Waals surface area (Å²) in [5.41, 5.74) is 4.13. The second-order valence-corrected chi connectivity index (χ2v) is 12.3. The summed E-state index contributed by atoms with van der Waals surface area (Å²) >= 11 is 5.46. The number of rotatable bonds is 4. The number of amides is 1. The van der Waals surface area contributed by atoms with E-state index in [0.717, 1.165) is 31.7 Å². The topological polar surface area (TPSA) is 29.5 Å². The van der Waals surface area contributed by atoms with Crippen molar-refractivity contribution in [3.8, 4) is 0 Å². The molecule has 0 aliphatic carbocycles. The monoisotopic (exact) mass is 615 g/mol. The van der Waals surface area contributed by atoms with Gasteiger partial charge in [0.25, 0.3) is 5.91 Å². The lowest BCUT2D eigenvalue weighted by Crippen LogP contribution is -2.55. The number of ether oxygens (including phenoxy) is 1. The van der Waals surface area contributed by atoms with E-state index in [1.54, 1.807) is 11.8 Å². The Bertz CT molecular complexity index is 1760. The van der Waals surface area contributed by atoms with Gasteiger partial charge in [0.15, 0.2) is 0 Å². The molecule has 0 aromatic heterocycles. The Morgan fingerprint density at radius 3 is 2.07 bits per heavy atom. The van der Waals surface area contributed by atoms with Crippen LogP contribution in [0.5, 0.6) is 0 Å². The van der Waals surface area contributed by atoms with Gasteiger partial charge >= 0.3 is 0 Å². The fraction of sp³-hybridized carbons (Fsp3) is 0.0833. The normalized spacial score (nSPS) is 20.1. The zero-order chi connectivity index (χ0) is 27.8. The van der Waals surface area contributed by atoms with Gasteiger partial charge < -0.3 is 4.74 Å². The van der Waals surface area contributed by atoms with Gasteiger partial charge in [0.2, 0.25) is 5.72 Å². The predicted molar refractivity (Wildman–Crippen MR) is 170 cm³/mol. The fourth-order valence-electron chi connectivity index (χ4n) is 5.81. The third-order valence-electron chi connectivity index (χ3n) is 7.66. The minimum absolute atomic E-state index is 0.0157. The molecule has 2 atom stereocenters. The molecule has 5 aromatic rings. The molecule has 2 heterocycles. The van der Waals surface area contributed by atoms with Crippen molar-refractivity contribution in [2.75, 3.05) is 4.90 Å². The molecule has 0 spiro atoms. The molecule has 5 aromatic carbocycles. The Balaban J connectivity index is 1.55. The van der Waals surface area contributed by atoms with Crippen LogP contribution >= 0.6 is 27.7 Å². The van der Waals surface area contributed by atoms with Crippen molar-refractivity contribution < 1.29 is 9.53 Å². The number of carbonyl (C=O) groups is 1. The molecule has 5 heteroatoms. The third-order valence-corrected chi connectivity index (χ3v) is 9.47. The first-order valence-corrected chi connectivity index (χ1v) is 15.3. The third kappa shape index (κ3) is 4.59. The van der Waals surface area contributed by atoms with Crippen molar-refractivity contribution in [2.24, 2.45) is 0 Å². The zero-order valence-corrected chi connectivity index (χ0v) is 24.5. The molecule has 0 unspecified atom stereocenters. The number of carbonyl (C=O) groups excluding carboxylic acids is 1. The van der Waals surface area contributed by atoms with Crippen LogP contribution < -0.4 is 4.90 Å². The molecule has 41 heavy (non-hydrogen) atoms. The summed E-state index contributed by atoms with van der Waals surface area (Å²) in [5, 5.41) is 0.0157. The highest BCUT2D eigenvalue weighted by Gasteiger charge is 2.54. The largest absolute Gasteiger partial charge is 0.462 e. The van der Waals surface area contributed by atoms with Crippen LogP contribution in [0.25, 0.3) is 11.3 Å². The maximum atomic E-state index is 15.1. The first-order chi connectivity index (χ1) is 20.1. The molecule has 0 fully saturated rings. The number of fused-ring (bicyclic) bond motifs is 3. The standard InChI is InChI=1S/C36H26BrNO2S/c37-29-20-12-17-27(23-29)32-24-36(28-18-8-3-9-19-28)38(30-21-10-11-22-31(30)41-32)35(39)33(25-13-4-1-5-14-25)34(40-36)26-15-6-2-7-16-26/h1-23,32H,24H2/t32-,36+/m1/s1. The van der Waals surface area contributed by atoms with Gasteiger partial charge in [-0.2, -0.15) is 0 Å². The fourth-order valence-corrected chi connectivity index (χ4v) is 7.57. The highest BCUT2D eigenvalue weighted by atomic mass is 79.9. The minimum Gasteiger partial charge on any atom is -0.462 e. The van der Waals surface area contributed by atoms with E-state index in [9.17, 15) is 0 Å². The Kier molecular flexibility index (Phi) is 6.77. The van der Waals surface area contributed by atoms with Crippen molar-refractivity contribution >= 4 is 50.6 Å². The highest BCUT2D eigenvalue weighted by Crippen LogP contribution is 2.58. The molecule has 0 saturated heterocycles. The molecule has 0 N–H and O–H groups in total. The van der Waals surface area contributed by atoms with E-state index < -0.39 is 5.72 Å². The first kappa shape index (κ1) is 25.9. The summed E-state index contributed by atoms with van der Waals surface area (Å²) in [4.78, 5) is 18.1. The molecule has 1 amide bonds. The highest BCUT2D eigenvalue weighted by molar-refractivity contribution is 9.10. The van der Waals surface area contributed by atoms with E-state index in [-0.39, 0.29) is 11.2 Å². The lowest BCUT2D eigenvalue weighted by Gasteiger charge is -2.48. The number of para-hydroxylation sites is 1. The van der Waals surface area contributed by atoms with Crippen LogP contribution in [0.3, 0.4) is 0 Å². The van der Waals surface area contributed by atoms with Crippen LogP contribution in [0.4, 0.5) is 5.69 Å². The average molecular weight is 617 g/mol. The van der Waals surface area contributed by atoms with Gasteiger partial charge in [-0.25, -0.2) is 0 Å². The maximum Gasteiger partial charge on any atom is 0.266 e. The molecule has 2 aliphatic rings. The number of hydrogen-bond donors (Lipinski definition) is 0. The zero-order valence-electron chi connectivity index (χ0n) is 22.1. The molecular formula is C36H26BrNO2S. The van der Waals surface area contributed by atoms with E-state index in [1.807, 2.05) is 108 Å². The van der Waals surface area contributed by atoms with Crippen molar-refractivity contribution in [1.29, 1.82) is 0 Å². The van der Waals surface area contributed by atoms with Crippen LogP contribution in [0.1, 0.15) is 33.9 Å². The summed E-state index contributed by atoms with van der Waals surface area (Å²) in [5.74, 6) is 0.521. The smallest absolute Gasteiger partial charge is 0.266 e. The molecular weight excluding hydrogens is 590 g/mol. The Morgan fingerprint density at radius 2 is 1.37 bits per heavy atom. The van der Waals surface area contributed by atoms with Crippen molar-refractivity contribution in [3.05, 3.63) is 166 Å². The SMILES string of the molecule is O=C1C(c2ccccc2)=C(c2ccccc2)O[C@]2(c3ccccc3)C[C@H](c3cccc(Br)c3)Sc3ccccc3N12. The van der Waals surface area contributed by atoms with Crippen molar-refractivity contribution in [2.45, 2.75) is 22.3 Å². The number of halogens is 1. The van der Waals surface area contributed by atoms with Gasteiger partial charge in [0.1, 0.15) is 5.76 Å². The summed E-state index contributed by atoms with van der Waals surface area (Å²) < 4.78 is 8.39.